The molecule has 0 saturated carbocycles. The lowest BCUT2D eigenvalue weighted by Gasteiger charge is -2.13. The Balaban J connectivity index is 1.65. The highest BCUT2D eigenvalue weighted by molar-refractivity contribution is 8.13. The molecule has 0 aromatic carbocycles. The van der Waals surface area contributed by atoms with E-state index < -0.39 is 0 Å². The average Bonchev–Trinajstić information content (AvgIpc) is 2.92. The standard InChI is InChI=1S/C11H14N2O3S/c14-10(8-13-5-7-17-11(13)15)12-4-3-9-2-1-6-16-9/h1-2,6H,3-5,7-8H2,(H,12,14). The van der Waals surface area contributed by atoms with Gasteiger partial charge in [-0.15, -0.1) is 0 Å². The number of hydrogen-bond acceptors (Lipinski definition) is 4. The van der Waals surface area contributed by atoms with Crippen LogP contribution >= 0.6 is 11.8 Å². The topological polar surface area (TPSA) is 62.6 Å². The molecule has 6 heteroatoms. The Bertz CT molecular complexity index is 391. The van der Waals surface area contributed by atoms with Crippen molar-refractivity contribution in [2.45, 2.75) is 6.42 Å². The van der Waals surface area contributed by atoms with Gasteiger partial charge in [0.1, 0.15) is 12.3 Å². The van der Waals surface area contributed by atoms with Gasteiger partial charge in [0.25, 0.3) is 5.24 Å². The fourth-order valence-corrected chi connectivity index (χ4v) is 2.40. The van der Waals surface area contributed by atoms with Crippen molar-refractivity contribution in [3.05, 3.63) is 24.2 Å². The molecule has 92 valence electrons. The highest BCUT2D eigenvalue weighted by atomic mass is 32.2. The van der Waals surface area contributed by atoms with Gasteiger partial charge < -0.3 is 14.6 Å². The number of rotatable bonds is 5. The minimum atomic E-state index is -0.118. The third-order valence-corrected chi connectivity index (χ3v) is 3.34. The van der Waals surface area contributed by atoms with Crippen LogP contribution < -0.4 is 5.32 Å². The number of nitrogens with one attached hydrogen (secondary N) is 1. The zero-order valence-electron chi connectivity index (χ0n) is 9.35. The third kappa shape index (κ3) is 3.52. The van der Waals surface area contributed by atoms with Crippen molar-refractivity contribution in [2.24, 2.45) is 0 Å². The Labute approximate surface area is 104 Å². The molecule has 0 atom stereocenters. The highest BCUT2D eigenvalue weighted by Gasteiger charge is 2.22. The highest BCUT2D eigenvalue weighted by Crippen LogP contribution is 2.16. The van der Waals surface area contributed by atoms with Gasteiger partial charge in [0, 0.05) is 25.3 Å². The van der Waals surface area contributed by atoms with E-state index in [1.165, 1.54) is 11.8 Å². The summed E-state index contributed by atoms with van der Waals surface area (Å²) >= 11 is 1.26. The number of hydrogen-bond donors (Lipinski definition) is 1. The van der Waals surface area contributed by atoms with E-state index >= 15 is 0 Å². The summed E-state index contributed by atoms with van der Waals surface area (Å²) in [7, 11) is 0. The first-order chi connectivity index (χ1) is 8.25. The molecule has 5 nitrogen and oxygen atoms in total. The van der Waals surface area contributed by atoms with E-state index in [4.69, 9.17) is 4.42 Å². The molecule has 1 aliphatic heterocycles. The summed E-state index contributed by atoms with van der Waals surface area (Å²) in [5.74, 6) is 1.50. The van der Waals surface area contributed by atoms with Crippen LogP contribution in [0.5, 0.6) is 0 Å². The van der Waals surface area contributed by atoms with Crippen LogP contribution in [0, 0.1) is 0 Å². The lowest BCUT2D eigenvalue weighted by molar-refractivity contribution is -0.121. The van der Waals surface area contributed by atoms with E-state index in [1.807, 2.05) is 12.1 Å². The smallest absolute Gasteiger partial charge is 0.282 e. The average molecular weight is 254 g/mol. The first-order valence-corrected chi connectivity index (χ1v) is 6.45. The van der Waals surface area contributed by atoms with Gasteiger partial charge in [0.2, 0.25) is 5.91 Å². The van der Waals surface area contributed by atoms with Crippen molar-refractivity contribution in [3.8, 4) is 0 Å². The summed E-state index contributed by atoms with van der Waals surface area (Å²) in [6.07, 6.45) is 2.28. The van der Waals surface area contributed by atoms with E-state index in [-0.39, 0.29) is 17.7 Å². The molecule has 1 aliphatic rings. The molecule has 0 radical (unpaired) electrons. The summed E-state index contributed by atoms with van der Waals surface area (Å²) in [6, 6.07) is 3.68. The first-order valence-electron chi connectivity index (χ1n) is 5.46. The van der Waals surface area contributed by atoms with Crippen LogP contribution in [0.15, 0.2) is 22.8 Å². The lowest BCUT2D eigenvalue weighted by atomic mass is 10.3. The summed E-state index contributed by atoms with van der Waals surface area (Å²) in [6.45, 7) is 1.35. The van der Waals surface area contributed by atoms with Gasteiger partial charge in [0.05, 0.1) is 6.26 Å². The van der Waals surface area contributed by atoms with E-state index in [9.17, 15) is 9.59 Å². The summed E-state index contributed by atoms with van der Waals surface area (Å²) in [5, 5.41) is 2.76. The monoisotopic (exact) mass is 254 g/mol. The Morgan fingerprint density at radius 1 is 1.59 bits per heavy atom. The van der Waals surface area contributed by atoms with Crippen LogP contribution in [-0.4, -0.2) is 41.4 Å². The fourth-order valence-electron chi connectivity index (χ4n) is 1.58. The van der Waals surface area contributed by atoms with Crippen molar-refractivity contribution in [3.63, 3.8) is 0 Å². The van der Waals surface area contributed by atoms with Crippen molar-refractivity contribution in [1.82, 2.24) is 10.2 Å². The van der Waals surface area contributed by atoms with Crippen LogP contribution in [0.2, 0.25) is 0 Å². The van der Waals surface area contributed by atoms with E-state index in [1.54, 1.807) is 11.2 Å². The Kier molecular flexibility index (Phi) is 4.08. The number of thioether (sulfide) groups is 1. The minimum absolute atomic E-state index is 0.00816. The molecule has 2 rings (SSSR count). The van der Waals surface area contributed by atoms with Crippen molar-refractivity contribution >= 4 is 22.9 Å². The van der Waals surface area contributed by atoms with E-state index in [0.29, 0.717) is 19.5 Å². The van der Waals surface area contributed by atoms with Gasteiger partial charge in [0.15, 0.2) is 0 Å². The maximum Gasteiger partial charge on any atom is 0.282 e. The minimum Gasteiger partial charge on any atom is -0.469 e. The molecule has 1 N–H and O–H groups in total. The van der Waals surface area contributed by atoms with Crippen molar-refractivity contribution in [1.29, 1.82) is 0 Å². The molecule has 1 fully saturated rings. The molecule has 1 aromatic heterocycles. The van der Waals surface area contributed by atoms with Gasteiger partial charge in [-0.3, -0.25) is 9.59 Å². The predicted molar refractivity (Wildman–Crippen MR) is 64.8 cm³/mol. The zero-order chi connectivity index (χ0) is 12.1. The predicted octanol–water partition coefficient (Wildman–Crippen LogP) is 1.11. The summed E-state index contributed by atoms with van der Waals surface area (Å²) in [5.41, 5.74) is 0. The summed E-state index contributed by atoms with van der Waals surface area (Å²) in [4.78, 5) is 24.4. The van der Waals surface area contributed by atoms with Crippen molar-refractivity contribution in [2.75, 3.05) is 25.4 Å². The molecular weight excluding hydrogens is 240 g/mol. The van der Waals surface area contributed by atoms with Gasteiger partial charge in [-0.25, -0.2) is 0 Å². The van der Waals surface area contributed by atoms with Gasteiger partial charge >= 0.3 is 0 Å². The summed E-state index contributed by atoms with van der Waals surface area (Å²) < 4.78 is 5.15. The van der Waals surface area contributed by atoms with Crippen LogP contribution in [0.4, 0.5) is 4.79 Å². The van der Waals surface area contributed by atoms with Crippen molar-refractivity contribution < 1.29 is 14.0 Å². The largest absolute Gasteiger partial charge is 0.469 e. The Morgan fingerprint density at radius 2 is 2.47 bits per heavy atom. The van der Waals surface area contributed by atoms with Crippen LogP contribution in [0.1, 0.15) is 5.76 Å². The first kappa shape index (κ1) is 12.0. The molecule has 0 aliphatic carbocycles. The maximum absolute atomic E-state index is 11.5. The SMILES string of the molecule is O=C(CN1CCSC1=O)NCCc1ccco1. The number of nitrogens with zero attached hydrogens (tertiary/aromatic N) is 1. The number of carbonyl (C=O) groups is 2. The quantitative estimate of drug-likeness (QED) is 0.855. The zero-order valence-corrected chi connectivity index (χ0v) is 10.2. The van der Waals surface area contributed by atoms with E-state index in [0.717, 1.165) is 11.5 Å². The Hall–Kier alpha value is -1.43. The van der Waals surface area contributed by atoms with Gasteiger partial charge in [-0.2, -0.15) is 0 Å². The molecule has 2 amide bonds. The number of furan rings is 1. The number of amides is 2. The third-order valence-electron chi connectivity index (χ3n) is 2.45. The number of carbonyl (C=O) groups excluding carboxylic acids is 2. The fraction of sp³-hybridized carbons (Fsp3) is 0.455. The van der Waals surface area contributed by atoms with Crippen LogP contribution in [0.3, 0.4) is 0 Å². The second-order valence-corrected chi connectivity index (χ2v) is 4.76. The molecule has 1 aromatic rings. The second-order valence-electron chi connectivity index (χ2n) is 3.72. The maximum atomic E-state index is 11.5. The van der Waals surface area contributed by atoms with Gasteiger partial charge in [-0.05, 0) is 12.1 Å². The Morgan fingerprint density at radius 3 is 3.12 bits per heavy atom. The second kappa shape index (κ2) is 5.77. The molecule has 1 saturated heterocycles. The van der Waals surface area contributed by atoms with Crippen LogP contribution in [-0.2, 0) is 11.2 Å². The normalized spacial score (nSPS) is 15.3. The molecule has 0 bridgehead atoms. The van der Waals surface area contributed by atoms with Crippen LogP contribution in [0.25, 0.3) is 0 Å². The molecule has 17 heavy (non-hydrogen) atoms. The molecule has 0 unspecified atom stereocenters. The molecule has 2 heterocycles. The van der Waals surface area contributed by atoms with Gasteiger partial charge in [-0.1, -0.05) is 11.8 Å². The molecular formula is C11H14N2O3S. The lowest BCUT2D eigenvalue weighted by Crippen LogP contribution is -2.38. The molecule has 0 spiro atoms. The van der Waals surface area contributed by atoms with E-state index in [2.05, 4.69) is 5.32 Å².